The fourth-order valence-electron chi connectivity index (χ4n) is 1.67. The first kappa shape index (κ1) is 11.9. The minimum atomic E-state index is -0.652. The van der Waals surface area contributed by atoms with Crippen molar-refractivity contribution >= 4 is 12.2 Å². The van der Waals surface area contributed by atoms with Gasteiger partial charge in [-0.25, -0.2) is 8.78 Å². The number of aromatic nitrogens is 3. The van der Waals surface area contributed by atoms with Crippen LogP contribution >= 0.6 is 12.2 Å². The lowest BCUT2D eigenvalue weighted by Gasteiger charge is -2.11. The van der Waals surface area contributed by atoms with E-state index in [-0.39, 0.29) is 17.4 Å². The average Bonchev–Trinajstić information content (AvgIpc) is 2.60. The van der Waals surface area contributed by atoms with E-state index in [9.17, 15) is 8.78 Å². The number of H-pyrrole nitrogens is 1. The van der Waals surface area contributed by atoms with Gasteiger partial charge in [0.25, 0.3) is 0 Å². The highest BCUT2D eigenvalue weighted by Gasteiger charge is 2.18. The normalized spacial score (nSPS) is 11.1. The second-order valence-electron chi connectivity index (χ2n) is 3.91. The predicted octanol–water partition coefficient (Wildman–Crippen LogP) is 3.47. The third-order valence-corrected chi connectivity index (χ3v) is 2.70. The third-order valence-electron chi connectivity index (χ3n) is 2.41. The van der Waals surface area contributed by atoms with Crippen molar-refractivity contribution < 1.29 is 8.78 Å². The van der Waals surface area contributed by atoms with Gasteiger partial charge in [-0.1, -0.05) is 6.07 Å². The molecule has 0 bridgehead atoms. The zero-order chi connectivity index (χ0) is 12.6. The number of nitrogens with zero attached hydrogens (tertiary/aromatic N) is 2. The quantitative estimate of drug-likeness (QED) is 0.834. The second-order valence-corrected chi connectivity index (χ2v) is 4.30. The van der Waals surface area contributed by atoms with Crippen LogP contribution in [0.15, 0.2) is 18.2 Å². The van der Waals surface area contributed by atoms with E-state index in [1.54, 1.807) is 4.57 Å². The van der Waals surface area contributed by atoms with E-state index in [0.29, 0.717) is 4.77 Å². The molecule has 0 aliphatic carbocycles. The first-order valence-electron chi connectivity index (χ1n) is 5.13. The van der Waals surface area contributed by atoms with Gasteiger partial charge >= 0.3 is 0 Å². The number of aromatic amines is 1. The maximum Gasteiger partial charge on any atom is 0.195 e. The summed E-state index contributed by atoms with van der Waals surface area (Å²) in [5.41, 5.74) is -0.159. The van der Waals surface area contributed by atoms with E-state index in [2.05, 4.69) is 10.2 Å². The molecule has 0 spiro atoms. The van der Waals surface area contributed by atoms with Crippen LogP contribution in [0.1, 0.15) is 19.9 Å². The first-order valence-corrected chi connectivity index (χ1v) is 5.54. The first-order chi connectivity index (χ1) is 8.02. The van der Waals surface area contributed by atoms with Crippen molar-refractivity contribution in [3.8, 4) is 11.4 Å². The number of hydrogen-bond acceptors (Lipinski definition) is 2. The van der Waals surface area contributed by atoms with Crippen LogP contribution in [0, 0.1) is 16.4 Å². The summed E-state index contributed by atoms with van der Waals surface area (Å²) in [7, 11) is 0. The lowest BCUT2D eigenvalue weighted by atomic mass is 10.2. The Morgan fingerprint density at radius 1 is 1.29 bits per heavy atom. The van der Waals surface area contributed by atoms with E-state index in [1.807, 2.05) is 13.8 Å². The molecule has 17 heavy (non-hydrogen) atoms. The molecule has 2 rings (SSSR count). The molecule has 1 aromatic carbocycles. The molecular formula is C11H11F2N3S. The molecular weight excluding hydrogens is 244 g/mol. The summed E-state index contributed by atoms with van der Waals surface area (Å²) < 4.78 is 29.2. The van der Waals surface area contributed by atoms with E-state index in [1.165, 1.54) is 18.2 Å². The standard InChI is InChI=1S/C11H11F2N3S/c1-6(2)16-10(14-15-11(16)17)9-7(12)4-3-5-8(9)13/h3-6H,1-2H3,(H,15,17). The Kier molecular flexibility index (Phi) is 3.06. The lowest BCUT2D eigenvalue weighted by molar-refractivity contribution is 0.567. The topological polar surface area (TPSA) is 33.6 Å². The van der Waals surface area contributed by atoms with Gasteiger partial charge in [-0.05, 0) is 38.2 Å². The molecule has 0 fully saturated rings. The van der Waals surface area contributed by atoms with Crippen molar-refractivity contribution in [1.82, 2.24) is 14.8 Å². The van der Waals surface area contributed by atoms with E-state index in [4.69, 9.17) is 12.2 Å². The molecule has 1 aromatic heterocycles. The van der Waals surface area contributed by atoms with Crippen LogP contribution in [0.5, 0.6) is 0 Å². The molecule has 0 atom stereocenters. The molecule has 1 N–H and O–H groups in total. The summed E-state index contributed by atoms with van der Waals surface area (Å²) in [6.45, 7) is 3.74. The van der Waals surface area contributed by atoms with Crippen LogP contribution in [0.4, 0.5) is 8.78 Å². The maximum atomic E-state index is 13.6. The Morgan fingerprint density at radius 2 is 1.88 bits per heavy atom. The highest BCUT2D eigenvalue weighted by atomic mass is 32.1. The van der Waals surface area contributed by atoms with Gasteiger partial charge < -0.3 is 0 Å². The van der Waals surface area contributed by atoms with Crippen molar-refractivity contribution in [2.45, 2.75) is 19.9 Å². The van der Waals surface area contributed by atoms with Crippen LogP contribution in [-0.2, 0) is 0 Å². The molecule has 0 radical (unpaired) electrons. The van der Waals surface area contributed by atoms with Crippen LogP contribution < -0.4 is 0 Å². The SMILES string of the molecule is CC(C)n1c(-c2c(F)cccc2F)n[nH]c1=S. The Balaban J connectivity index is 2.74. The van der Waals surface area contributed by atoms with Gasteiger partial charge in [0.05, 0.1) is 5.56 Å². The zero-order valence-electron chi connectivity index (χ0n) is 9.37. The highest BCUT2D eigenvalue weighted by molar-refractivity contribution is 7.71. The monoisotopic (exact) mass is 255 g/mol. The summed E-state index contributed by atoms with van der Waals surface area (Å²) in [4.78, 5) is 0. The predicted molar refractivity (Wildman–Crippen MR) is 63.1 cm³/mol. The number of benzene rings is 1. The van der Waals surface area contributed by atoms with Crippen molar-refractivity contribution in [1.29, 1.82) is 0 Å². The van der Waals surface area contributed by atoms with Gasteiger partial charge in [-0.2, -0.15) is 5.10 Å². The summed E-state index contributed by atoms with van der Waals surface area (Å²) >= 11 is 5.04. The van der Waals surface area contributed by atoms with Crippen molar-refractivity contribution in [2.75, 3.05) is 0 Å². The Labute approximate surface area is 102 Å². The Bertz CT molecular complexity index is 581. The van der Waals surface area contributed by atoms with Crippen LogP contribution in [0.25, 0.3) is 11.4 Å². The average molecular weight is 255 g/mol. The van der Waals surface area contributed by atoms with E-state index < -0.39 is 11.6 Å². The molecule has 0 saturated carbocycles. The number of rotatable bonds is 2. The second kappa shape index (κ2) is 4.37. The maximum absolute atomic E-state index is 13.6. The van der Waals surface area contributed by atoms with Crippen LogP contribution in [0.2, 0.25) is 0 Å². The third kappa shape index (κ3) is 2.00. The Morgan fingerprint density at radius 3 is 2.41 bits per heavy atom. The minimum Gasteiger partial charge on any atom is -0.297 e. The smallest absolute Gasteiger partial charge is 0.195 e. The summed E-state index contributed by atoms with van der Waals surface area (Å²) in [6, 6.07) is 3.67. The number of halogens is 2. The molecule has 0 aliphatic heterocycles. The molecule has 2 aromatic rings. The molecule has 3 nitrogen and oxygen atoms in total. The van der Waals surface area contributed by atoms with Gasteiger partial charge in [0.15, 0.2) is 10.6 Å². The van der Waals surface area contributed by atoms with Crippen molar-refractivity contribution in [3.05, 3.63) is 34.6 Å². The van der Waals surface area contributed by atoms with Gasteiger partial charge in [-0.3, -0.25) is 9.67 Å². The molecule has 0 amide bonds. The molecule has 6 heteroatoms. The van der Waals surface area contributed by atoms with Gasteiger partial charge in [0.1, 0.15) is 11.6 Å². The minimum absolute atomic E-state index is 0.0322. The van der Waals surface area contributed by atoms with Crippen LogP contribution in [-0.4, -0.2) is 14.8 Å². The molecule has 90 valence electrons. The summed E-state index contributed by atoms with van der Waals surface area (Å²) in [6.07, 6.45) is 0. The highest BCUT2D eigenvalue weighted by Crippen LogP contribution is 2.26. The molecule has 0 unspecified atom stereocenters. The molecule has 0 aliphatic rings. The van der Waals surface area contributed by atoms with Crippen molar-refractivity contribution in [2.24, 2.45) is 0 Å². The summed E-state index contributed by atoms with van der Waals surface area (Å²) in [5, 5.41) is 6.45. The number of hydrogen-bond donors (Lipinski definition) is 1. The fourth-order valence-corrected chi connectivity index (χ4v) is 2.01. The van der Waals surface area contributed by atoms with E-state index in [0.717, 1.165) is 0 Å². The molecule has 1 heterocycles. The largest absolute Gasteiger partial charge is 0.297 e. The van der Waals surface area contributed by atoms with Gasteiger partial charge in [0.2, 0.25) is 0 Å². The fraction of sp³-hybridized carbons (Fsp3) is 0.273. The summed E-state index contributed by atoms with van der Waals surface area (Å²) in [5.74, 6) is -1.12. The van der Waals surface area contributed by atoms with Crippen LogP contribution in [0.3, 0.4) is 0 Å². The van der Waals surface area contributed by atoms with Crippen molar-refractivity contribution in [3.63, 3.8) is 0 Å². The van der Waals surface area contributed by atoms with Gasteiger partial charge in [0, 0.05) is 6.04 Å². The van der Waals surface area contributed by atoms with Gasteiger partial charge in [-0.15, -0.1) is 0 Å². The molecule has 0 saturated heterocycles. The Hall–Kier alpha value is -1.56. The zero-order valence-corrected chi connectivity index (χ0v) is 10.2. The van der Waals surface area contributed by atoms with E-state index >= 15 is 0 Å². The number of nitrogens with one attached hydrogen (secondary N) is 1. The lowest BCUT2D eigenvalue weighted by Crippen LogP contribution is -2.05.